The second kappa shape index (κ2) is 5.30. The lowest BCUT2D eigenvalue weighted by Gasteiger charge is -2.28. The summed E-state index contributed by atoms with van der Waals surface area (Å²) in [6.45, 7) is 2.80. The molecule has 0 spiro atoms. The molecule has 5 heteroatoms. The highest BCUT2D eigenvalue weighted by Crippen LogP contribution is 2.26. The Morgan fingerprint density at radius 2 is 2.19 bits per heavy atom. The zero-order chi connectivity index (χ0) is 12.2. The molecule has 0 radical (unpaired) electrons. The molecule has 92 valence electrons. The fraction of sp³-hybridized carbons (Fsp3) is 0.818. The Labute approximate surface area is 95.7 Å². The van der Waals surface area contributed by atoms with Gasteiger partial charge in [0, 0.05) is 20.2 Å². The molecule has 1 saturated heterocycles. The molecule has 1 aliphatic rings. The summed E-state index contributed by atoms with van der Waals surface area (Å²) in [6.07, 6.45) is 1.87. The average molecular weight is 229 g/mol. The van der Waals surface area contributed by atoms with Crippen LogP contribution in [0.1, 0.15) is 26.2 Å². The maximum absolute atomic E-state index is 12.0. The minimum absolute atomic E-state index is 0.0612. The van der Waals surface area contributed by atoms with E-state index in [1.807, 2.05) is 0 Å². The van der Waals surface area contributed by atoms with Crippen molar-refractivity contribution in [2.45, 2.75) is 31.8 Å². The van der Waals surface area contributed by atoms with Gasteiger partial charge in [-0.3, -0.25) is 9.59 Å². The fourth-order valence-corrected chi connectivity index (χ4v) is 1.81. The first-order valence-corrected chi connectivity index (χ1v) is 5.46. The van der Waals surface area contributed by atoms with Gasteiger partial charge in [-0.2, -0.15) is 0 Å². The summed E-state index contributed by atoms with van der Waals surface area (Å²) in [5.41, 5.74) is -0.704. The standard InChI is InChI=1S/C11H19NO4/c1-11(6-4-8-16-11)10(14)12(2)7-5-9(13)15-3/h4-8H2,1-3H3. The van der Waals surface area contributed by atoms with E-state index < -0.39 is 5.60 Å². The van der Waals surface area contributed by atoms with E-state index in [-0.39, 0.29) is 18.3 Å². The van der Waals surface area contributed by atoms with Crippen molar-refractivity contribution in [1.82, 2.24) is 4.90 Å². The molecule has 0 saturated carbocycles. The smallest absolute Gasteiger partial charge is 0.307 e. The molecule has 1 unspecified atom stereocenters. The van der Waals surface area contributed by atoms with E-state index in [0.29, 0.717) is 13.2 Å². The molecule has 0 N–H and O–H groups in total. The molecule has 1 rings (SSSR count). The second-order valence-electron chi connectivity index (χ2n) is 4.24. The Morgan fingerprint density at radius 1 is 1.50 bits per heavy atom. The minimum Gasteiger partial charge on any atom is -0.469 e. The van der Waals surface area contributed by atoms with Crippen LogP contribution in [0.3, 0.4) is 0 Å². The van der Waals surface area contributed by atoms with E-state index in [9.17, 15) is 9.59 Å². The van der Waals surface area contributed by atoms with Crippen molar-refractivity contribution < 1.29 is 19.1 Å². The van der Waals surface area contributed by atoms with E-state index in [1.165, 1.54) is 12.0 Å². The third kappa shape index (κ3) is 2.95. The van der Waals surface area contributed by atoms with Gasteiger partial charge in [-0.05, 0) is 19.8 Å². The maximum atomic E-state index is 12.0. The molecular weight excluding hydrogens is 210 g/mol. The Hall–Kier alpha value is -1.10. The van der Waals surface area contributed by atoms with Crippen molar-refractivity contribution in [3.8, 4) is 0 Å². The number of carbonyl (C=O) groups excluding carboxylic acids is 2. The number of nitrogens with zero attached hydrogens (tertiary/aromatic N) is 1. The summed E-state index contributed by atoms with van der Waals surface area (Å²) >= 11 is 0. The highest BCUT2D eigenvalue weighted by molar-refractivity contribution is 5.85. The molecule has 1 aliphatic heterocycles. The minimum atomic E-state index is -0.704. The van der Waals surface area contributed by atoms with Crippen LogP contribution in [0.5, 0.6) is 0 Å². The van der Waals surface area contributed by atoms with Gasteiger partial charge in [0.2, 0.25) is 0 Å². The van der Waals surface area contributed by atoms with E-state index in [0.717, 1.165) is 12.8 Å². The van der Waals surface area contributed by atoms with Gasteiger partial charge in [-0.15, -0.1) is 0 Å². The lowest BCUT2D eigenvalue weighted by atomic mass is 10.0. The number of carbonyl (C=O) groups is 2. The Kier molecular flexibility index (Phi) is 4.29. The van der Waals surface area contributed by atoms with Crippen LogP contribution in [0, 0.1) is 0 Å². The second-order valence-corrected chi connectivity index (χ2v) is 4.24. The first kappa shape index (κ1) is 13.0. The first-order valence-electron chi connectivity index (χ1n) is 5.46. The van der Waals surface area contributed by atoms with Crippen LogP contribution in [-0.4, -0.2) is 49.7 Å². The zero-order valence-corrected chi connectivity index (χ0v) is 10.1. The molecule has 1 heterocycles. The van der Waals surface area contributed by atoms with Crippen LogP contribution in [0.25, 0.3) is 0 Å². The van der Waals surface area contributed by atoms with Crippen LogP contribution >= 0.6 is 0 Å². The molecule has 1 fully saturated rings. The summed E-state index contributed by atoms with van der Waals surface area (Å²) in [5.74, 6) is -0.369. The van der Waals surface area contributed by atoms with Gasteiger partial charge in [-0.1, -0.05) is 0 Å². The summed E-state index contributed by atoms with van der Waals surface area (Å²) in [4.78, 5) is 24.5. The SMILES string of the molecule is COC(=O)CCN(C)C(=O)C1(C)CCCO1. The quantitative estimate of drug-likeness (QED) is 0.662. The van der Waals surface area contributed by atoms with Crippen molar-refractivity contribution in [2.75, 3.05) is 27.3 Å². The summed E-state index contributed by atoms with van der Waals surface area (Å²) < 4.78 is 9.97. The number of hydrogen-bond acceptors (Lipinski definition) is 4. The number of hydrogen-bond donors (Lipinski definition) is 0. The van der Waals surface area contributed by atoms with Gasteiger partial charge in [-0.25, -0.2) is 0 Å². The summed E-state index contributed by atoms with van der Waals surface area (Å²) in [7, 11) is 3.02. The van der Waals surface area contributed by atoms with Gasteiger partial charge in [0.25, 0.3) is 5.91 Å². The maximum Gasteiger partial charge on any atom is 0.307 e. The molecular formula is C11H19NO4. The third-order valence-electron chi connectivity index (χ3n) is 2.90. The average Bonchev–Trinajstić information content (AvgIpc) is 2.72. The molecule has 0 aromatic heterocycles. The number of rotatable bonds is 4. The summed E-state index contributed by atoms with van der Waals surface area (Å²) in [6, 6.07) is 0. The number of likely N-dealkylation sites (N-methyl/N-ethyl adjacent to an activating group) is 1. The van der Waals surface area contributed by atoms with Crippen molar-refractivity contribution in [1.29, 1.82) is 0 Å². The third-order valence-corrected chi connectivity index (χ3v) is 2.90. The number of esters is 1. The molecule has 0 aromatic carbocycles. The van der Waals surface area contributed by atoms with E-state index in [1.54, 1.807) is 14.0 Å². The van der Waals surface area contributed by atoms with Crippen LogP contribution in [-0.2, 0) is 19.1 Å². The molecule has 5 nitrogen and oxygen atoms in total. The van der Waals surface area contributed by atoms with Gasteiger partial charge in [0.05, 0.1) is 13.5 Å². The zero-order valence-electron chi connectivity index (χ0n) is 10.1. The summed E-state index contributed by atoms with van der Waals surface area (Å²) in [5, 5.41) is 0. The van der Waals surface area contributed by atoms with E-state index >= 15 is 0 Å². The highest BCUT2D eigenvalue weighted by atomic mass is 16.5. The molecule has 0 aromatic rings. The van der Waals surface area contributed by atoms with Gasteiger partial charge in [0.15, 0.2) is 0 Å². The first-order chi connectivity index (χ1) is 7.49. The number of methoxy groups -OCH3 is 1. The number of amides is 1. The van der Waals surface area contributed by atoms with Gasteiger partial charge in [0.1, 0.15) is 5.60 Å². The van der Waals surface area contributed by atoms with Crippen LogP contribution in [0.2, 0.25) is 0 Å². The Bertz CT molecular complexity index is 271. The largest absolute Gasteiger partial charge is 0.469 e. The molecule has 0 bridgehead atoms. The van der Waals surface area contributed by atoms with Crippen molar-refractivity contribution in [3.63, 3.8) is 0 Å². The lowest BCUT2D eigenvalue weighted by molar-refractivity contribution is -0.150. The van der Waals surface area contributed by atoms with Crippen molar-refractivity contribution >= 4 is 11.9 Å². The highest BCUT2D eigenvalue weighted by Gasteiger charge is 2.39. The Morgan fingerprint density at radius 3 is 2.69 bits per heavy atom. The fourth-order valence-electron chi connectivity index (χ4n) is 1.81. The van der Waals surface area contributed by atoms with Crippen molar-refractivity contribution in [3.05, 3.63) is 0 Å². The van der Waals surface area contributed by atoms with Gasteiger partial charge < -0.3 is 14.4 Å². The number of ether oxygens (including phenoxy) is 2. The van der Waals surface area contributed by atoms with Crippen LogP contribution in [0.15, 0.2) is 0 Å². The predicted molar refractivity (Wildman–Crippen MR) is 57.9 cm³/mol. The topological polar surface area (TPSA) is 55.8 Å². The van der Waals surface area contributed by atoms with Crippen LogP contribution in [0.4, 0.5) is 0 Å². The monoisotopic (exact) mass is 229 g/mol. The van der Waals surface area contributed by atoms with Crippen LogP contribution < -0.4 is 0 Å². The molecule has 1 atom stereocenters. The van der Waals surface area contributed by atoms with E-state index in [2.05, 4.69) is 4.74 Å². The van der Waals surface area contributed by atoms with Gasteiger partial charge >= 0.3 is 5.97 Å². The Balaban J connectivity index is 2.44. The lowest BCUT2D eigenvalue weighted by Crippen LogP contribution is -2.45. The predicted octanol–water partition coefficient (Wildman–Crippen LogP) is 0.577. The van der Waals surface area contributed by atoms with Crippen molar-refractivity contribution in [2.24, 2.45) is 0 Å². The van der Waals surface area contributed by atoms with E-state index in [4.69, 9.17) is 4.74 Å². The molecule has 16 heavy (non-hydrogen) atoms. The normalized spacial score (nSPS) is 24.2. The molecule has 0 aliphatic carbocycles. The molecule has 1 amide bonds.